The van der Waals surface area contributed by atoms with Crippen LogP contribution in [-0.4, -0.2) is 26.7 Å². The number of pyridine rings is 1. The Hall–Kier alpha value is -3.87. The molecule has 1 amide bonds. The van der Waals surface area contributed by atoms with E-state index in [0.717, 1.165) is 38.7 Å². The van der Waals surface area contributed by atoms with Gasteiger partial charge in [0, 0.05) is 38.5 Å². The monoisotopic (exact) mass is 556 g/mol. The molecule has 8 heteroatoms. The average Bonchev–Trinajstić information content (AvgIpc) is 3.36. The third kappa shape index (κ3) is 5.22. The van der Waals surface area contributed by atoms with E-state index in [4.69, 9.17) is 32.9 Å². The summed E-state index contributed by atoms with van der Waals surface area (Å²) in [6.07, 6.45) is 2.61. The zero-order valence-electron chi connectivity index (χ0n) is 21.5. The number of nitrogens with zero attached hydrogens (tertiary/aromatic N) is 2. The zero-order chi connectivity index (χ0) is 27.1. The topological polar surface area (TPSA) is 79.9 Å². The van der Waals surface area contributed by atoms with E-state index in [1.54, 1.807) is 6.20 Å². The van der Waals surface area contributed by atoms with Gasteiger partial charge in [-0.1, -0.05) is 59.6 Å². The Labute approximate surface area is 236 Å². The molecule has 6 rings (SSSR count). The van der Waals surface area contributed by atoms with E-state index in [-0.39, 0.29) is 18.4 Å². The molecule has 3 heterocycles. The van der Waals surface area contributed by atoms with Gasteiger partial charge in [-0.15, -0.1) is 0 Å². The normalized spacial score (nSPS) is 15.9. The largest absolute Gasteiger partial charge is 0.471 e. The average molecular weight is 557 g/mol. The highest BCUT2D eigenvalue weighted by Gasteiger charge is 2.36. The number of nitrogens with one attached hydrogen (secondary N) is 2. The fourth-order valence-corrected chi connectivity index (χ4v) is 5.47. The number of aromatic nitrogens is 3. The molecule has 2 aromatic heterocycles. The Bertz CT molecular complexity index is 1700. The highest BCUT2D eigenvalue weighted by atomic mass is 35.5. The first-order valence-electron chi connectivity index (χ1n) is 12.7. The third-order valence-electron chi connectivity index (χ3n) is 6.95. The van der Waals surface area contributed by atoms with Crippen LogP contribution in [0, 0.1) is 0 Å². The standard InChI is InChI=1S/C31H26Cl2N4O2/c1-31(2)16-27(35-28(38)14-18-7-12-26-20(13-18)17-34-37-26)24-15-23(19-8-10-21(32)11-9-19)29(36-30(24)39-31)22-5-3-4-6-25(22)33/h3-13,15,17,27H,14,16H2,1-2H3,(H,34,37)(H,35,38)/t27-/m1/s1. The first kappa shape index (κ1) is 25.4. The lowest BCUT2D eigenvalue weighted by Crippen LogP contribution is -2.42. The molecule has 196 valence electrons. The molecule has 0 radical (unpaired) electrons. The van der Waals surface area contributed by atoms with Gasteiger partial charge in [0.2, 0.25) is 11.8 Å². The van der Waals surface area contributed by atoms with Gasteiger partial charge in [-0.2, -0.15) is 5.10 Å². The quantitative estimate of drug-likeness (QED) is 0.234. The number of H-pyrrole nitrogens is 1. The number of rotatable bonds is 5. The molecular formula is C31H26Cl2N4O2. The van der Waals surface area contributed by atoms with Crippen molar-refractivity contribution in [3.63, 3.8) is 0 Å². The number of carbonyl (C=O) groups is 1. The van der Waals surface area contributed by atoms with Crippen LogP contribution in [0.4, 0.5) is 0 Å². The molecule has 0 bridgehead atoms. The van der Waals surface area contributed by atoms with Crippen LogP contribution in [0.15, 0.2) is 79.0 Å². The van der Waals surface area contributed by atoms with Crippen LogP contribution in [0.2, 0.25) is 10.0 Å². The minimum absolute atomic E-state index is 0.0743. The second kappa shape index (κ2) is 10.0. The number of aromatic amines is 1. The molecule has 0 saturated heterocycles. The summed E-state index contributed by atoms with van der Waals surface area (Å²) in [5.74, 6) is 0.415. The molecule has 6 nitrogen and oxygen atoms in total. The maximum Gasteiger partial charge on any atom is 0.224 e. The first-order valence-corrected chi connectivity index (χ1v) is 13.5. The molecule has 0 aliphatic carbocycles. The Morgan fingerprint density at radius 3 is 2.64 bits per heavy atom. The Morgan fingerprint density at radius 1 is 1.05 bits per heavy atom. The lowest BCUT2D eigenvalue weighted by molar-refractivity contribution is -0.121. The number of halogens is 2. The minimum Gasteiger partial charge on any atom is -0.471 e. The van der Waals surface area contributed by atoms with E-state index in [1.165, 1.54) is 0 Å². The molecule has 1 atom stereocenters. The molecular weight excluding hydrogens is 531 g/mol. The van der Waals surface area contributed by atoms with Crippen molar-refractivity contribution >= 4 is 40.0 Å². The third-order valence-corrected chi connectivity index (χ3v) is 7.53. The van der Waals surface area contributed by atoms with E-state index in [0.29, 0.717) is 28.0 Å². The predicted molar refractivity (Wildman–Crippen MR) is 155 cm³/mol. The number of hydrogen-bond donors (Lipinski definition) is 2. The van der Waals surface area contributed by atoms with Crippen LogP contribution in [0.1, 0.15) is 37.4 Å². The number of benzene rings is 3. The summed E-state index contributed by atoms with van der Waals surface area (Å²) >= 11 is 12.8. The van der Waals surface area contributed by atoms with Gasteiger partial charge in [-0.3, -0.25) is 9.89 Å². The minimum atomic E-state index is -0.535. The SMILES string of the molecule is CC1(C)C[C@@H](NC(=O)Cc2ccc3[nH]ncc3c2)c2cc(-c3ccc(Cl)cc3)c(-c3ccccc3Cl)nc2O1. The summed E-state index contributed by atoms with van der Waals surface area (Å²) in [5, 5.41) is 12.5. The number of amides is 1. The molecule has 1 aliphatic rings. The van der Waals surface area contributed by atoms with E-state index in [1.807, 2.05) is 80.6 Å². The van der Waals surface area contributed by atoms with Gasteiger partial charge >= 0.3 is 0 Å². The summed E-state index contributed by atoms with van der Waals surface area (Å²) in [7, 11) is 0. The second-order valence-electron chi connectivity index (χ2n) is 10.4. The molecule has 0 saturated carbocycles. The van der Waals surface area contributed by atoms with Gasteiger partial charge < -0.3 is 10.1 Å². The van der Waals surface area contributed by atoms with Crippen LogP contribution < -0.4 is 10.1 Å². The predicted octanol–water partition coefficient (Wildman–Crippen LogP) is 7.56. The smallest absolute Gasteiger partial charge is 0.224 e. The van der Waals surface area contributed by atoms with Gasteiger partial charge in [-0.25, -0.2) is 4.98 Å². The van der Waals surface area contributed by atoms with Crippen molar-refractivity contribution in [2.24, 2.45) is 0 Å². The number of ether oxygens (including phenoxy) is 1. The zero-order valence-corrected chi connectivity index (χ0v) is 23.0. The van der Waals surface area contributed by atoms with Gasteiger partial charge in [0.1, 0.15) is 5.60 Å². The molecule has 2 N–H and O–H groups in total. The van der Waals surface area contributed by atoms with Crippen LogP contribution in [-0.2, 0) is 11.2 Å². The van der Waals surface area contributed by atoms with Crippen molar-refractivity contribution in [2.45, 2.75) is 38.3 Å². The van der Waals surface area contributed by atoms with E-state index < -0.39 is 5.60 Å². The van der Waals surface area contributed by atoms with Crippen molar-refractivity contribution in [3.8, 4) is 28.3 Å². The summed E-state index contributed by atoms with van der Waals surface area (Å²) < 4.78 is 6.36. The van der Waals surface area contributed by atoms with Crippen molar-refractivity contribution in [2.75, 3.05) is 0 Å². The van der Waals surface area contributed by atoms with Crippen LogP contribution in [0.3, 0.4) is 0 Å². The van der Waals surface area contributed by atoms with E-state index >= 15 is 0 Å². The Kier molecular flexibility index (Phi) is 6.53. The second-order valence-corrected chi connectivity index (χ2v) is 11.3. The van der Waals surface area contributed by atoms with Crippen LogP contribution in [0.25, 0.3) is 33.3 Å². The summed E-state index contributed by atoms with van der Waals surface area (Å²) in [6.45, 7) is 4.01. The molecule has 5 aromatic rings. The first-order chi connectivity index (χ1) is 18.8. The van der Waals surface area contributed by atoms with Crippen molar-refractivity contribution in [3.05, 3.63) is 100 Å². The van der Waals surface area contributed by atoms with E-state index in [2.05, 4.69) is 21.6 Å². The summed E-state index contributed by atoms with van der Waals surface area (Å²) in [5.41, 5.74) is 5.48. The fraction of sp³-hybridized carbons (Fsp3) is 0.194. The molecule has 0 fully saturated rings. The van der Waals surface area contributed by atoms with Crippen molar-refractivity contribution in [1.29, 1.82) is 0 Å². The van der Waals surface area contributed by atoms with Crippen LogP contribution in [0.5, 0.6) is 5.88 Å². The maximum atomic E-state index is 13.3. The lowest BCUT2D eigenvalue weighted by atomic mass is 9.88. The van der Waals surface area contributed by atoms with Gasteiger partial charge in [0.25, 0.3) is 0 Å². The molecule has 3 aromatic carbocycles. The Morgan fingerprint density at radius 2 is 1.85 bits per heavy atom. The number of carbonyl (C=O) groups excluding carboxylic acids is 1. The molecule has 39 heavy (non-hydrogen) atoms. The summed E-state index contributed by atoms with van der Waals surface area (Å²) in [6, 6.07) is 22.9. The van der Waals surface area contributed by atoms with Crippen molar-refractivity contribution < 1.29 is 9.53 Å². The van der Waals surface area contributed by atoms with Gasteiger partial charge in [0.05, 0.1) is 29.9 Å². The number of fused-ring (bicyclic) bond motifs is 2. The van der Waals surface area contributed by atoms with Gasteiger partial charge in [-0.05, 0) is 61.4 Å². The Balaban J connectivity index is 1.40. The van der Waals surface area contributed by atoms with Gasteiger partial charge in [0.15, 0.2) is 0 Å². The maximum absolute atomic E-state index is 13.3. The highest BCUT2D eigenvalue weighted by molar-refractivity contribution is 6.33. The fourth-order valence-electron chi connectivity index (χ4n) is 5.12. The highest BCUT2D eigenvalue weighted by Crippen LogP contribution is 2.44. The summed E-state index contributed by atoms with van der Waals surface area (Å²) in [4.78, 5) is 18.3. The number of hydrogen-bond acceptors (Lipinski definition) is 4. The van der Waals surface area contributed by atoms with Crippen LogP contribution >= 0.6 is 23.2 Å². The molecule has 0 unspecified atom stereocenters. The van der Waals surface area contributed by atoms with E-state index in [9.17, 15) is 4.79 Å². The molecule has 0 spiro atoms. The lowest BCUT2D eigenvalue weighted by Gasteiger charge is -2.37. The van der Waals surface area contributed by atoms with Crippen molar-refractivity contribution in [1.82, 2.24) is 20.5 Å². The molecule has 1 aliphatic heterocycles.